The van der Waals surface area contributed by atoms with Gasteiger partial charge in [-0.3, -0.25) is 14.3 Å². The first-order valence-corrected chi connectivity index (χ1v) is 5.27. The number of nitrogens with two attached hydrogens (primary N) is 1. The summed E-state index contributed by atoms with van der Waals surface area (Å²) in [6.45, 7) is -0.448. The van der Waals surface area contributed by atoms with Crippen molar-refractivity contribution in [2.45, 2.75) is 6.61 Å². The second-order valence-electron chi connectivity index (χ2n) is 2.64. The third-order valence-corrected chi connectivity index (χ3v) is 2.01. The highest BCUT2D eigenvalue weighted by atomic mass is 32.2. The number of benzene rings is 1. The van der Waals surface area contributed by atoms with E-state index in [1.165, 1.54) is 24.3 Å². The monoisotopic (exact) mass is 232 g/mol. The van der Waals surface area contributed by atoms with Crippen molar-refractivity contribution in [1.82, 2.24) is 0 Å². The fourth-order valence-corrected chi connectivity index (χ4v) is 1.25. The van der Waals surface area contributed by atoms with Gasteiger partial charge in [-0.1, -0.05) is 12.1 Å². The van der Waals surface area contributed by atoms with Crippen LogP contribution in [0.1, 0.15) is 5.56 Å². The van der Waals surface area contributed by atoms with Gasteiger partial charge in [-0.15, -0.1) is 0 Å². The van der Waals surface area contributed by atoms with Gasteiger partial charge < -0.3 is 0 Å². The highest BCUT2D eigenvalue weighted by Crippen LogP contribution is 2.18. The van der Waals surface area contributed by atoms with Crippen molar-refractivity contribution in [2.75, 3.05) is 0 Å². The lowest BCUT2D eigenvalue weighted by Crippen LogP contribution is -2.15. The summed E-state index contributed by atoms with van der Waals surface area (Å²) in [6.07, 6.45) is 0. The van der Waals surface area contributed by atoms with E-state index >= 15 is 0 Å². The first-order chi connectivity index (χ1) is 6.90. The predicted octanol–water partition coefficient (Wildman–Crippen LogP) is 0.315. The van der Waals surface area contributed by atoms with Crippen molar-refractivity contribution in [3.63, 3.8) is 0 Å². The van der Waals surface area contributed by atoms with E-state index in [0.29, 0.717) is 0 Å². The number of nitrogens with zero attached hydrogens (tertiary/aromatic N) is 1. The molecule has 0 aromatic heterocycles. The Labute approximate surface area is 85.9 Å². The van der Waals surface area contributed by atoms with Crippen LogP contribution in [0.2, 0.25) is 0 Å². The highest BCUT2D eigenvalue weighted by molar-refractivity contribution is 7.84. The molecule has 0 aliphatic rings. The second-order valence-corrected chi connectivity index (χ2v) is 3.86. The summed E-state index contributed by atoms with van der Waals surface area (Å²) in [4.78, 5) is 9.89. The van der Waals surface area contributed by atoms with Crippen LogP contribution in [0.25, 0.3) is 0 Å². The van der Waals surface area contributed by atoms with Crippen LogP contribution in [-0.2, 0) is 21.1 Å². The van der Waals surface area contributed by atoms with E-state index in [4.69, 9.17) is 0 Å². The van der Waals surface area contributed by atoms with E-state index < -0.39 is 21.8 Å². The van der Waals surface area contributed by atoms with Crippen molar-refractivity contribution in [2.24, 2.45) is 5.14 Å². The number of hydrogen-bond donors (Lipinski definition) is 1. The third-order valence-electron chi connectivity index (χ3n) is 1.57. The standard InChI is InChI=1S/C7H8N2O5S/c8-15(12,13)14-5-6-3-1-2-4-7(6)9(10)11/h1-4H,5H2,(H2,8,12,13). The van der Waals surface area contributed by atoms with Gasteiger partial charge in [0.2, 0.25) is 0 Å². The van der Waals surface area contributed by atoms with Gasteiger partial charge in [-0.2, -0.15) is 8.42 Å². The molecule has 0 saturated carbocycles. The zero-order valence-corrected chi connectivity index (χ0v) is 8.31. The molecule has 0 aliphatic carbocycles. The molecule has 0 heterocycles. The van der Waals surface area contributed by atoms with E-state index in [1.54, 1.807) is 0 Å². The predicted molar refractivity (Wildman–Crippen MR) is 51.0 cm³/mol. The summed E-state index contributed by atoms with van der Waals surface area (Å²) in [6, 6.07) is 5.65. The van der Waals surface area contributed by atoms with Gasteiger partial charge in [0, 0.05) is 6.07 Å². The Hall–Kier alpha value is -1.51. The molecule has 8 heteroatoms. The summed E-state index contributed by atoms with van der Waals surface area (Å²) in [5, 5.41) is 15.1. The molecule has 2 N–H and O–H groups in total. The van der Waals surface area contributed by atoms with Crippen LogP contribution in [0.4, 0.5) is 5.69 Å². The van der Waals surface area contributed by atoms with Crippen molar-refractivity contribution in [3.05, 3.63) is 39.9 Å². The van der Waals surface area contributed by atoms with Gasteiger partial charge in [0.05, 0.1) is 17.1 Å². The molecule has 0 fully saturated rings. The van der Waals surface area contributed by atoms with Gasteiger partial charge in [0.15, 0.2) is 0 Å². The minimum Gasteiger partial charge on any atom is -0.258 e. The first-order valence-electron chi connectivity index (χ1n) is 3.79. The van der Waals surface area contributed by atoms with E-state index in [2.05, 4.69) is 9.32 Å². The van der Waals surface area contributed by atoms with E-state index in [0.717, 1.165) is 0 Å². The third kappa shape index (κ3) is 3.62. The topological polar surface area (TPSA) is 113 Å². The van der Waals surface area contributed by atoms with E-state index in [9.17, 15) is 18.5 Å². The van der Waals surface area contributed by atoms with Crippen LogP contribution in [0.5, 0.6) is 0 Å². The number of para-hydroxylation sites is 1. The molecule has 0 aliphatic heterocycles. The molecule has 0 bridgehead atoms. The van der Waals surface area contributed by atoms with Crippen LogP contribution in [0.3, 0.4) is 0 Å². The summed E-state index contributed by atoms with van der Waals surface area (Å²) < 4.78 is 25.2. The maximum absolute atomic E-state index is 10.5. The molecule has 82 valence electrons. The normalized spacial score (nSPS) is 11.3. The molecule has 0 radical (unpaired) electrons. The Morgan fingerprint density at radius 1 is 1.40 bits per heavy atom. The van der Waals surface area contributed by atoms with Crippen LogP contribution in [0, 0.1) is 10.1 Å². The van der Waals surface area contributed by atoms with Crippen LogP contribution in [-0.4, -0.2) is 13.3 Å². The van der Waals surface area contributed by atoms with Crippen LogP contribution in [0.15, 0.2) is 24.3 Å². The van der Waals surface area contributed by atoms with Gasteiger partial charge >= 0.3 is 10.3 Å². The van der Waals surface area contributed by atoms with Crippen molar-refractivity contribution >= 4 is 16.0 Å². The van der Waals surface area contributed by atoms with Crippen molar-refractivity contribution in [3.8, 4) is 0 Å². The molecule has 0 spiro atoms. The van der Waals surface area contributed by atoms with Crippen LogP contribution < -0.4 is 5.14 Å². The maximum atomic E-state index is 10.5. The zero-order valence-electron chi connectivity index (χ0n) is 7.49. The molecular formula is C7H8N2O5S. The van der Waals surface area contributed by atoms with Gasteiger partial charge in [-0.25, -0.2) is 5.14 Å². The largest absolute Gasteiger partial charge is 0.333 e. The molecule has 15 heavy (non-hydrogen) atoms. The first kappa shape index (κ1) is 11.6. The zero-order chi connectivity index (χ0) is 11.5. The molecule has 1 rings (SSSR count). The van der Waals surface area contributed by atoms with Crippen molar-refractivity contribution < 1.29 is 17.5 Å². The second kappa shape index (κ2) is 4.34. The smallest absolute Gasteiger partial charge is 0.258 e. The minimum absolute atomic E-state index is 0.150. The van der Waals surface area contributed by atoms with E-state index in [1.807, 2.05) is 0 Å². The molecule has 0 saturated heterocycles. The van der Waals surface area contributed by atoms with Crippen molar-refractivity contribution in [1.29, 1.82) is 0 Å². The minimum atomic E-state index is -4.09. The lowest BCUT2D eigenvalue weighted by Gasteiger charge is -2.01. The Balaban J connectivity index is 2.90. The Morgan fingerprint density at radius 3 is 2.53 bits per heavy atom. The quantitative estimate of drug-likeness (QED) is 0.593. The average Bonchev–Trinajstić information content (AvgIpc) is 2.14. The maximum Gasteiger partial charge on any atom is 0.333 e. The summed E-state index contributed by atoms with van der Waals surface area (Å²) in [7, 11) is -4.09. The summed E-state index contributed by atoms with van der Waals surface area (Å²) in [5.41, 5.74) is -0.0577. The molecule has 0 amide bonds. The molecular weight excluding hydrogens is 224 g/mol. The molecule has 7 nitrogen and oxygen atoms in total. The number of rotatable bonds is 4. The fourth-order valence-electron chi connectivity index (χ4n) is 0.957. The fraction of sp³-hybridized carbons (Fsp3) is 0.143. The van der Waals surface area contributed by atoms with Gasteiger partial charge in [0.1, 0.15) is 0 Å². The van der Waals surface area contributed by atoms with Crippen LogP contribution >= 0.6 is 0 Å². The molecule has 1 aromatic carbocycles. The molecule has 0 atom stereocenters. The number of nitro groups is 1. The summed E-state index contributed by atoms with van der Waals surface area (Å²) in [5.74, 6) is 0. The number of nitro benzene ring substituents is 1. The Morgan fingerprint density at radius 2 is 2.00 bits per heavy atom. The average molecular weight is 232 g/mol. The van der Waals surface area contributed by atoms with E-state index in [-0.39, 0.29) is 11.3 Å². The Bertz CT molecular complexity index is 470. The molecule has 1 aromatic rings. The van der Waals surface area contributed by atoms with Gasteiger partial charge in [0.25, 0.3) is 5.69 Å². The highest BCUT2D eigenvalue weighted by Gasteiger charge is 2.14. The number of hydrogen-bond acceptors (Lipinski definition) is 5. The summed E-state index contributed by atoms with van der Waals surface area (Å²) >= 11 is 0. The molecule has 0 unspecified atom stereocenters. The SMILES string of the molecule is NS(=O)(=O)OCc1ccccc1[N+](=O)[O-]. The lowest BCUT2D eigenvalue weighted by molar-refractivity contribution is -0.385. The van der Waals surface area contributed by atoms with Gasteiger partial charge in [-0.05, 0) is 6.07 Å². The lowest BCUT2D eigenvalue weighted by atomic mass is 10.2. The Kier molecular flexibility index (Phi) is 3.35.